The molecule has 4 rings (SSSR count). The van der Waals surface area contributed by atoms with E-state index in [1.807, 2.05) is 32.1 Å². The summed E-state index contributed by atoms with van der Waals surface area (Å²) in [4.78, 5) is 17.9. The molecule has 2 heterocycles. The van der Waals surface area contributed by atoms with Gasteiger partial charge >= 0.3 is 0 Å². The maximum atomic E-state index is 12.6. The third-order valence-electron chi connectivity index (χ3n) is 5.31. The minimum absolute atomic E-state index is 0.107. The molecule has 3 aromatic rings. The van der Waals surface area contributed by atoms with Gasteiger partial charge in [-0.2, -0.15) is 0 Å². The molecule has 1 aliphatic heterocycles. The van der Waals surface area contributed by atoms with E-state index in [1.54, 1.807) is 0 Å². The maximum absolute atomic E-state index is 12.6. The molecular weight excluding hydrogens is 402 g/mol. The number of nitrogens with zero attached hydrogens (tertiary/aromatic N) is 2. The number of benzene rings is 2. The van der Waals surface area contributed by atoms with E-state index in [1.165, 1.54) is 22.9 Å². The first-order chi connectivity index (χ1) is 14.7. The van der Waals surface area contributed by atoms with Crippen LogP contribution in [0.15, 0.2) is 52.4 Å². The van der Waals surface area contributed by atoms with Gasteiger partial charge in [0.05, 0.1) is 10.6 Å². The predicted molar refractivity (Wildman–Crippen MR) is 131 cm³/mol. The SMILES string of the molecule is Cc1cc(C)cc(N=C2NC(=O)/C(=C/c3cc(C)n(-c4cc(C)cc(C)c4)c3C)S2)c1. The van der Waals surface area contributed by atoms with Crippen LogP contribution in [0.3, 0.4) is 0 Å². The number of nitrogens with one attached hydrogen (secondary N) is 1. The number of aromatic nitrogens is 1. The Morgan fingerprint density at radius 2 is 1.42 bits per heavy atom. The van der Waals surface area contributed by atoms with Crippen molar-refractivity contribution in [1.29, 1.82) is 0 Å². The summed E-state index contributed by atoms with van der Waals surface area (Å²) in [5.41, 5.74) is 10.1. The van der Waals surface area contributed by atoms with Crippen molar-refractivity contribution >= 4 is 34.6 Å². The molecule has 158 valence electrons. The highest BCUT2D eigenvalue weighted by molar-refractivity contribution is 8.18. The molecule has 1 fully saturated rings. The standard InChI is InChI=1S/C26H27N3OS/c1-15-7-16(2)10-22(9-15)27-26-28-25(30)24(31-26)14-21-13-19(5)29(20(21)6)23-11-17(3)8-18(4)12-23/h7-14H,1-6H3,(H,27,28,30)/b24-14-. The Morgan fingerprint density at radius 1 is 0.839 bits per heavy atom. The van der Waals surface area contributed by atoms with Crippen LogP contribution in [0, 0.1) is 41.5 Å². The molecule has 0 aliphatic carbocycles. The lowest BCUT2D eigenvalue weighted by Gasteiger charge is -2.12. The van der Waals surface area contributed by atoms with Crippen LogP contribution in [0.2, 0.25) is 0 Å². The van der Waals surface area contributed by atoms with E-state index in [2.05, 4.69) is 72.9 Å². The molecule has 1 aromatic heterocycles. The van der Waals surface area contributed by atoms with Crippen LogP contribution >= 0.6 is 11.8 Å². The lowest BCUT2D eigenvalue weighted by atomic mass is 10.1. The van der Waals surface area contributed by atoms with Crippen LogP contribution in [-0.4, -0.2) is 15.6 Å². The Balaban J connectivity index is 1.66. The van der Waals surface area contributed by atoms with Gasteiger partial charge in [-0.25, -0.2) is 4.99 Å². The van der Waals surface area contributed by atoms with E-state index in [0.717, 1.165) is 39.5 Å². The molecule has 0 saturated carbocycles. The van der Waals surface area contributed by atoms with Crippen LogP contribution in [0.4, 0.5) is 5.69 Å². The maximum Gasteiger partial charge on any atom is 0.264 e. The molecule has 1 aliphatic rings. The van der Waals surface area contributed by atoms with Crippen molar-refractivity contribution in [2.75, 3.05) is 0 Å². The quantitative estimate of drug-likeness (QED) is 0.503. The summed E-state index contributed by atoms with van der Waals surface area (Å²) in [6.07, 6.45) is 1.96. The fraction of sp³-hybridized carbons (Fsp3) is 0.231. The van der Waals surface area contributed by atoms with E-state index in [0.29, 0.717) is 10.1 Å². The van der Waals surface area contributed by atoms with Gasteiger partial charge < -0.3 is 9.88 Å². The summed E-state index contributed by atoms with van der Waals surface area (Å²) in [6.45, 7) is 12.5. The third kappa shape index (κ3) is 4.52. The average molecular weight is 430 g/mol. The average Bonchev–Trinajstić information content (AvgIpc) is 3.12. The van der Waals surface area contributed by atoms with E-state index >= 15 is 0 Å². The fourth-order valence-corrected chi connectivity index (χ4v) is 5.00. The molecule has 1 N–H and O–H groups in total. The highest BCUT2D eigenvalue weighted by Crippen LogP contribution is 2.31. The lowest BCUT2D eigenvalue weighted by molar-refractivity contribution is -0.115. The number of carbonyl (C=O) groups is 1. The molecule has 31 heavy (non-hydrogen) atoms. The molecule has 2 aromatic carbocycles. The number of amidine groups is 1. The molecule has 0 spiro atoms. The molecule has 0 bridgehead atoms. The first-order valence-electron chi connectivity index (χ1n) is 10.3. The molecule has 0 unspecified atom stereocenters. The Morgan fingerprint density at radius 3 is 2.03 bits per heavy atom. The number of carbonyl (C=O) groups excluding carboxylic acids is 1. The van der Waals surface area contributed by atoms with Crippen molar-refractivity contribution in [3.05, 3.63) is 86.6 Å². The molecule has 4 nitrogen and oxygen atoms in total. The smallest absolute Gasteiger partial charge is 0.264 e. The zero-order valence-electron chi connectivity index (χ0n) is 18.8. The van der Waals surface area contributed by atoms with Gasteiger partial charge in [-0.1, -0.05) is 12.1 Å². The van der Waals surface area contributed by atoms with Crippen molar-refractivity contribution in [2.45, 2.75) is 41.5 Å². The minimum atomic E-state index is -0.107. The van der Waals surface area contributed by atoms with Gasteiger partial charge in [0.2, 0.25) is 0 Å². The van der Waals surface area contributed by atoms with Crippen molar-refractivity contribution in [3.63, 3.8) is 0 Å². The molecular formula is C26H27N3OS. The largest absolute Gasteiger partial charge is 0.318 e. The molecule has 1 saturated heterocycles. The van der Waals surface area contributed by atoms with Gasteiger partial charge in [-0.3, -0.25) is 4.79 Å². The van der Waals surface area contributed by atoms with Gasteiger partial charge in [-0.15, -0.1) is 0 Å². The molecule has 5 heteroatoms. The molecule has 0 atom stereocenters. The van der Waals surface area contributed by atoms with Crippen molar-refractivity contribution in [2.24, 2.45) is 4.99 Å². The second-order valence-electron chi connectivity index (χ2n) is 8.34. The van der Waals surface area contributed by atoms with Gasteiger partial charge in [0.15, 0.2) is 5.17 Å². The third-order valence-corrected chi connectivity index (χ3v) is 6.22. The Bertz CT molecular complexity index is 1220. The first-order valence-corrected chi connectivity index (χ1v) is 11.2. The van der Waals surface area contributed by atoms with E-state index < -0.39 is 0 Å². The highest BCUT2D eigenvalue weighted by Gasteiger charge is 2.24. The van der Waals surface area contributed by atoms with Crippen LogP contribution in [0.5, 0.6) is 0 Å². The van der Waals surface area contributed by atoms with E-state index in [4.69, 9.17) is 0 Å². The number of hydrogen-bond acceptors (Lipinski definition) is 3. The second-order valence-corrected chi connectivity index (χ2v) is 9.37. The van der Waals surface area contributed by atoms with E-state index in [9.17, 15) is 4.79 Å². The minimum Gasteiger partial charge on any atom is -0.318 e. The van der Waals surface area contributed by atoms with Crippen molar-refractivity contribution in [1.82, 2.24) is 9.88 Å². The van der Waals surface area contributed by atoms with Gasteiger partial charge in [0.25, 0.3) is 5.91 Å². The summed E-state index contributed by atoms with van der Waals surface area (Å²) in [5, 5.41) is 3.51. The van der Waals surface area contributed by atoms with Crippen LogP contribution in [0.1, 0.15) is 39.2 Å². The summed E-state index contributed by atoms with van der Waals surface area (Å²) in [6, 6.07) is 14.8. The summed E-state index contributed by atoms with van der Waals surface area (Å²) < 4.78 is 2.24. The Labute approximate surface area is 188 Å². The normalized spacial score (nSPS) is 16.4. The summed E-state index contributed by atoms with van der Waals surface area (Å²) >= 11 is 1.39. The zero-order chi connectivity index (χ0) is 22.3. The monoisotopic (exact) mass is 429 g/mol. The number of thioether (sulfide) groups is 1. The predicted octanol–water partition coefficient (Wildman–Crippen LogP) is 6.22. The van der Waals surface area contributed by atoms with Gasteiger partial charge in [0.1, 0.15) is 0 Å². The molecule has 1 amide bonds. The number of rotatable bonds is 3. The highest BCUT2D eigenvalue weighted by atomic mass is 32.2. The number of amides is 1. The van der Waals surface area contributed by atoms with Crippen LogP contribution < -0.4 is 5.32 Å². The summed E-state index contributed by atoms with van der Waals surface area (Å²) in [5.74, 6) is -0.107. The van der Waals surface area contributed by atoms with Crippen LogP contribution in [-0.2, 0) is 4.79 Å². The topological polar surface area (TPSA) is 46.4 Å². The fourth-order valence-electron chi connectivity index (χ4n) is 4.17. The second kappa shape index (κ2) is 8.23. The number of aryl methyl sites for hydroxylation is 5. The van der Waals surface area contributed by atoms with Crippen LogP contribution in [0.25, 0.3) is 11.8 Å². The van der Waals surface area contributed by atoms with E-state index in [-0.39, 0.29) is 5.91 Å². The molecule has 0 radical (unpaired) electrons. The van der Waals surface area contributed by atoms with Crippen molar-refractivity contribution in [3.8, 4) is 5.69 Å². The number of hydrogen-bond donors (Lipinski definition) is 1. The van der Waals surface area contributed by atoms with Gasteiger partial charge in [-0.05, 0) is 118 Å². The zero-order valence-corrected chi connectivity index (χ0v) is 19.6. The summed E-state index contributed by atoms with van der Waals surface area (Å²) in [7, 11) is 0. The van der Waals surface area contributed by atoms with Crippen molar-refractivity contribution < 1.29 is 4.79 Å². The Kier molecular flexibility index (Phi) is 5.63. The Hall–Kier alpha value is -3.05. The number of aliphatic imine (C=N–C) groups is 1. The first kappa shape index (κ1) is 21.2. The van der Waals surface area contributed by atoms with Gasteiger partial charge in [0, 0.05) is 17.1 Å². The lowest BCUT2D eigenvalue weighted by Crippen LogP contribution is -2.19.